The zero-order chi connectivity index (χ0) is 13.3. The Morgan fingerprint density at radius 1 is 1.39 bits per heavy atom. The molecule has 2 N–H and O–H groups in total. The second-order valence-corrected chi connectivity index (χ2v) is 5.60. The van der Waals surface area contributed by atoms with E-state index in [1.54, 1.807) is 6.92 Å². The van der Waals surface area contributed by atoms with Crippen molar-refractivity contribution in [3.63, 3.8) is 0 Å². The molecule has 2 rings (SSSR count). The summed E-state index contributed by atoms with van der Waals surface area (Å²) in [6.07, 6.45) is 2.85. The molecule has 1 aromatic heterocycles. The Kier molecular flexibility index (Phi) is 3.16. The van der Waals surface area contributed by atoms with E-state index >= 15 is 0 Å². The fourth-order valence-electron chi connectivity index (χ4n) is 2.44. The third-order valence-corrected chi connectivity index (χ3v) is 3.07. The van der Waals surface area contributed by atoms with Crippen LogP contribution in [0.1, 0.15) is 31.9 Å². The van der Waals surface area contributed by atoms with Crippen molar-refractivity contribution in [1.82, 2.24) is 10.3 Å². The molecule has 3 nitrogen and oxygen atoms in total. The quantitative estimate of drug-likeness (QED) is 0.856. The first-order valence-corrected chi connectivity index (χ1v) is 6.23. The molecule has 0 saturated heterocycles. The molecule has 1 amide bonds. The monoisotopic (exact) mass is 244 g/mol. The van der Waals surface area contributed by atoms with Gasteiger partial charge in [0.1, 0.15) is 0 Å². The number of fused-ring (bicyclic) bond motifs is 1. The largest absolute Gasteiger partial charge is 0.361 e. The van der Waals surface area contributed by atoms with Gasteiger partial charge in [0, 0.05) is 29.6 Å². The van der Waals surface area contributed by atoms with Crippen LogP contribution in [0.15, 0.2) is 24.4 Å². The fraction of sp³-hybridized carbons (Fsp3) is 0.400. The summed E-state index contributed by atoms with van der Waals surface area (Å²) in [7, 11) is 0. The van der Waals surface area contributed by atoms with Gasteiger partial charge in [-0.25, -0.2) is 0 Å². The minimum atomic E-state index is -0.230. The van der Waals surface area contributed by atoms with Gasteiger partial charge < -0.3 is 10.3 Å². The summed E-state index contributed by atoms with van der Waals surface area (Å²) in [5.41, 5.74) is 3.41. The van der Waals surface area contributed by atoms with E-state index in [2.05, 4.69) is 35.4 Å². The normalized spacial score (nSPS) is 11.8. The van der Waals surface area contributed by atoms with Crippen LogP contribution in [0.3, 0.4) is 0 Å². The van der Waals surface area contributed by atoms with Crippen molar-refractivity contribution in [3.05, 3.63) is 35.5 Å². The highest BCUT2D eigenvalue weighted by Gasteiger charge is 2.20. The van der Waals surface area contributed by atoms with Crippen LogP contribution in [0.4, 0.5) is 0 Å². The molecule has 0 aliphatic heterocycles. The van der Waals surface area contributed by atoms with Crippen molar-refractivity contribution in [3.8, 4) is 0 Å². The average molecular weight is 244 g/mol. The highest BCUT2D eigenvalue weighted by atomic mass is 16.1. The molecule has 3 heteroatoms. The van der Waals surface area contributed by atoms with Crippen molar-refractivity contribution in [2.45, 2.75) is 39.7 Å². The summed E-state index contributed by atoms with van der Waals surface area (Å²) in [4.78, 5) is 14.5. The lowest BCUT2D eigenvalue weighted by Crippen LogP contribution is -2.43. The van der Waals surface area contributed by atoms with Crippen LogP contribution < -0.4 is 5.32 Å². The average Bonchev–Trinajstić information content (AvgIpc) is 2.57. The Bertz CT molecular complexity index is 581. The van der Waals surface area contributed by atoms with Crippen LogP contribution in [-0.2, 0) is 11.2 Å². The molecule has 0 radical (unpaired) electrons. The van der Waals surface area contributed by atoms with Crippen LogP contribution in [0.5, 0.6) is 0 Å². The molecule has 0 fully saturated rings. The molecular weight excluding hydrogens is 224 g/mol. The van der Waals surface area contributed by atoms with Crippen LogP contribution in [0.25, 0.3) is 10.9 Å². The SMILES string of the molecule is CC(=O)NC(C)(C)Cc1c[nH]c2cc(C)ccc12. The number of aryl methyl sites for hydroxylation is 1. The number of aromatic amines is 1. The summed E-state index contributed by atoms with van der Waals surface area (Å²) in [6.45, 7) is 7.73. The number of amides is 1. The van der Waals surface area contributed by atoms with Gasteiger partial charge in [0.2, 0.25) is 5.91 Å². The highest BCUT2D eigenvalue weighted by Crippen LogP contribution is 2.23. The first kappa shape index (κ1) is 12.7. The molecule has 0 saturated carbocycles. The lowest BCUT2D eigenvalue weighted by Gasteiger charge is -2.25. The van der Waals surface area contributed by atoms with E-state index in [-0.39, 0.29) is 11.4 Å². The molecule has 18 heavy (non-hydrogen) atoms. The van der Waals surface area contributed by atoms with Crippen LogP contribution in [-0.4, -0.2) is 16.4 Å². The molecule has 0 aliphatic rings. The minimum absolute atomic E-state index is 0.00989. The Hall–Kier alpha value is -1.77. The Morgan fingerprint density at radius 3 is 2.78 bits per heavy atom. The third kappa shape index (κ3) is 2.73. The molecule has 0 bridgehead atoms. The molecule has 1 heterocycles. The summed E-state index contributed by atoms with van der Waals surface area (Å²) < 4.78 is 0. The number of rotatable bonds is 3. The van der Waals surface area contributed by atoms with Gasteiger partial charge in [-0.05, 0) is 44.4 Å². The number of nitrogens with one attached hydrogen (secondary N) is 2. The van der Waals surface area contributed by atoms with E-state index in [4.69, 9.17) is 0 Å². The van der Waals surface area contributed by atoms with Gasteiger partial charge in [-0.2, -0.15) is 0 Å². The standard InChI is InChI=1S/C15H20N2O/c1-10-5-6-13-12(9-16-14(13)7-10)8-15(3,4)17-11(2)18/h5-7,9,16H,8H2,1-4H3,(H,17,18). The van der Waals surface area contributed by atoms with Gasteiger partial charge in [0.15, 0.2) is 0 Å². The minimum Gasteiger partial charge on any atom is -0.361 e. The lowest BCUT2D eigenvalue weighted by atomic mass is 9.94. The number of H-pyrrole nitrogens is 1. The number of hydrogen-bond acceptors (Lipinski definition) is 1. The highest BCUT2D eigenvalue weighted by molar-refractivity contribution is 5.84. The van der Waals surface area contributed by atoms with Crippen molar-refractivity contribution < 1.29 is 4.79 Å². The molecule has 0 spiro atoms. The third-order valence-electron chi connectivity index (χ3n) is 3.07. The van der Waals surface area contributed by atoms with Crippen molar-refractivity contribution in [2.24, 2.45) is 0 Å². The molecule has 1 aromatic carbocycles. The maximum absolute atomic E-state index is 11.2. The van der Waals surface area contributed by atoms with E-state index < -0.39 is 0 Å². The predicted octanol–water partition coefficient (Wildman–Crippen LogP) is 2.93. The van der Waals surface area contributed by atoms with Crippen molar-refractivity contribution in [1.29, 1.82) is 0 Å². The van der Waals surface area contributed by atoms with E-state index in [9.17, 15) is 4.79 Å². The smallest absolute Gasteiger partial charge is 0.217 e. The summed E-state index contributed by atoms with van der Waals surface area (Å²) in [6, 6.07) is 6.40. The second kappa shape index (κ2) is 4.48. The van der Waals surface area contributed by atoms with Gasteiger partial charge in [-0.15, -0.1) is 0 Å². The van der Waals surface area contributed by atoms with Crippen LogP contribution in [0.2, 0.25) is 0 Å². The van der Waals surface area contributed by atoms with Crippen LogP contribution >= 0.6 is 0 Å². The van der Waals surface area contributed by atoms with Gasteiger partial charge in [-0.3, -0.25) is 4.79 Å². The number of aromatic nitrogens is 1. The molecule has 0 aliphatic carbocycles. The summed E-state index contributed by atoms with van der Waals surface area (Å²) in [5, 5.41) is 4.22. The first-order chi connectivity index (χ1) is 8.37. The van der Waals surface area contributed by atoms with E-state index in [1.165, 1.54) is 16.5 Å². The number of benzene rings is 1. The lowest BCUT2D eigenvalue weighted by molar-refractivity contribution is -0.120. The molecule has 0 atom stereocenters. The Morgan fingerprint density at radius 2 is 2.11 bits per heavy atom. The van der Waals surface area contributed by atoms with E-state index in [0.29, 0.717) is 0 Å². The first-order valence-electron chi connectivity index (χ1n) is 6.23. The van der Waals surface area contributed by atoms with Gasteiger partial charge in [0.25, 0.3) is 0 Å². The number of carbonyl (C=O) groups is 1. The van der Waals surface area contributed by atoms with Gasteiger partial charge in [0.05, 0.1) is 0 Å². The maximum atomic E-state index is 11.2. The molecule has 96 valence electrons. The number of hydrogen-bond donors (Lipinski definition) is 2. The Balaban J connectivity index is 2.29. The topological polar surface area (TPSA) is 44.9 Å². The van der Waals surface area contributed by atoms with E-state index in [1.807, 2.05) is 20.0 Å². The van der Waals surface area contributed by atoms with E-state index in [0.717, 1.165) is 11.9 Å². The second-order valence-electron chi connectivity index (χ2n) is 5.60. The predicted molar refractivity (Wildman–Crippen MR) is 74.6 cm³/mol. The summed E-state index contributed by atoms with van der Waals surface area (Å²) >= 11 is 0. The van der Waals surface area contributed by atoms with Gasteiger partial charge >= 0.3 is 0 Å². The Labute approximate surface area is 108 Å². The summed E-state index contributed by atoms with van der Waals surface area (Å²) in [5.74, 6) is 0.00989. The molecule has 0 unspecified atom stereocenters. The molecular formula is C15H20N2O. The molecule has 2 aromatic rings. The van der Waals surface area contributed by atoms with Gasteiger partial charge in [-0.1, -0.05) is 12.1 Å². The van der Waals surface area contributed by atoms with Crippen LogP contribution in [0, 0.1) is 6.92 Å². The fourth-order valence-corrected chi connectivity index (χ4v) is 2.44. The van der Waals surface area contributed by atoms with Crippen molar-refractivity contribution in [2.75, 3.05) is 0 Å². The number of carbonyl (C=O) groups excluding carboxylic acids is 1. The maximum Gasteiger partial charge on any atom is 0.217 e. The van der Waals surface area contributed by atoms with Crippen molar-refractivity contribution >= 4 is 16.8 Å². The zero-order valence-electron chi connectivity index (χ0n) is 11.4. The zero-order valence-corrected chi connectivity index (χ0v) is 11.4.